The van der Waals surface area contributed by atoms with Gasteiger partial charge in [0.1, 0.15) is 12.4 Å². The van der Waals surface area contributed by atoms with Crippen LogP contribution in [0.1, 0.15) is 22.8 Å². The fraction of sp³-hybridized carbons (Fsp3) is 0.259. The molecule has 172 valence electrons. The van der Waals surface area contributed by atoms with Crippen LogP contribution in [0.5, 0.6) is 5.75 Å². The van der Waals surface area contributed by atoms with Crippen LogP contribution in [-0.4, -0.2) is 50.6 Å². The predicted octanol–water partition coefficient (Wildman–Crippen LogP) is 4.19. The summed E-state index contributed by atoms with van der Waals surface area (Å²) in [6.07, 6.45) is 0. The van der Waals surface area contributed by atoms with Crippen LogP contribution in [0.2, 0.25) is 0 Å². The summed E-state index contributed by atoms with van der Waals surface area (Å²) in [7, 11) is 3.50. The minimum absolute atomic E-state index is 0.00565. The fourth-order valence-electron chi connectivity index (χ4n) is 3.30. The number of carbonyl (C=O) groups is 1. The smallest absolute Gasteiger partial charge is 0.253 e. The van der Waals surface area contributed by atoms with E-state index in [0.29, 0.717) is 25.3 Å². The van der Waals surface area contributed by atoms with Gasteiger partial charge in [0.15, 0.2) is 5.96 Å². The van der Waals surface area contributed by atoms with E-state index in [1.54, 1.807) is 19.0 Å². The van der Waals surface area contributed by atoms with Crippen LogP contribution in [0.15, 0.2) is 83.9 Å². The summed E-state index contributed by atoms with van der Waals surface area (Å²) in [6, 6.07) is 25.9. The molecule has 0 saturated heterocycles. The van der Waals surface area contributed by atoms with Crippen LogP contribution < -0.4 is 15.4 Å². The first-order chi connectivity index (χ1) is 16.1. The zero-order chi connectivity index (χ0) is 23.5. The second kappa shape index (κ2) is 12.3. The molecule has 0 unspecified atom stereocenters. The van der Waals surface area contributed by atoms with E-state index in [1.807, 2.05) is 67.6 Å². The minimum Gasteiger partial charge on any atom is -0.491 e. The van der Waals surface area contributed by atoms with Crippen LogP contribution in [0.25, 0.3) is 11.1 Å². The average molecular weight is 445 g/mol. The van der Waals surface area contributed by atoms with Crippen molar-refractivity contribution in [1.29, 1.82) is 0 Å². The first-order valence-electron chi connectivity index (χ1n) is 11.2. The van der Waals surface area contributed by atoms with E-state index in [1.165, 1.54) is 0 Å². The average Bonchev–Trinajstić information content (AvgIpc) is 2.85. The number of amides is 1. The SMILES string of the molecule is CCNC(=NCc1ccc(C(=O)N(C)C)cc1)NCCOc1ccccc1-c1ccccc1. The third-order valence-electron chi connectivity index (χ3n) is 4.99. The van der Waals surface area contributed by atoms with Gasteiger partial charge in [-0.15, -0.1) is 0 Å². The van der Waals surface area contributed by atoms with Gasteiger partial charge in [-0.3, -0.25) is 4.79 Å². The number of para-hydroxylation sites is 1. The van der Waals surface area contributed by atoms with Gasteiger partial charge < -0.3 is 20.3 Å². The first kappa shape index (κ1) is 23.9. The number of nitrogens with one attached hydrogen (secondary N) is 2. The summed E-state index contributed by atoms with van der Waals surface area (Å²) in [5.74, 6) is 1.58. The van der Waals surface area contributed by atoms with E-state index in [0.717, 1.165) is 34.9 Å². The second-order valence-electron chi connectivity index (χ2n) is 7.73. The molecule has 0 aromatic heterocycles. The van der Waals surface area contributed by atoms with Gasteiger partial charge in [-0.25, -0.2) is 4.99 Å². The van der Waals surface area contributed by atoms with Gasteiger partial charge in [0, 0.05) is 31.8 Å². The van der Waals surface area contributed by atoms with Gasteiger partial charge >= 0.3 is 0 Å². The lowest BCUT2D eigenvalue weighted by atomic mass is 10.1. The maximum atomic E-state index is 12.0. The quantitative estimate of drug-likeness (QED) is 0.295. The predicted molar refractivity (Wildman–Crippen MR) is 135 cm³/mol. The Hall–Kier alpha value is -3.80. The molecule has 3 aromatic carbocycles. The molecule has 0 saturated carbocycles. The van der Waals surface area contributed by atoms with E-state index in [9.17, 15) is 4.79 Å². The van der Waals surface area contributed by atoms with Crippen molar-refractivity contribution in [2.45, 2.75) is 13.5 Å². The molecule has 0 aliphatic carbocycles. The monoisotopic (exact) mass is 444 g/mol. The number of hydrogen-bond acceptors (Lipinski definition) is 3. The zero-order valence-electron chi connectivity index (χ0n) is 19.5. The number of hydrogen-bond donors (Lipinski definition) is 2. The zero-order valence-corrected chi connectivity index (χ0v) is 19.5. The maximum Gasteiger partial charge on any atom is 0.253 e. The fourth-order valence-corrected chi connectivity index (χ4v) is 3.30. The van der Waals surface area contributed by atoms with E-state index in [-0.39, 0.29) is 5.91 Å². The summed E-state index contributed by atoms with van der Waals surface area (Å²) < 4.78 is 6.06. The van der Waals surface area contributed by atoms with Gasteiger partial charge in [-0.05, 0) is 36.2 Å². The molecule has 0 aliphatic rings. The van der Waals surface area contributed by atoms with Crippen molar-refractivity contribution < 1.29 is 9.53 Å². The molecule has 0 spiro atoms. The van der Waals surface area contributed by atoms with Crippen molar-refractivity contribution in [2.75, 3.05) is 33.8 Å². The molecule has 0 bridgehead atoms. The second-order valence-corrected chi connectivity index (χ2v) is 7.73. The van der Waals surface area contributed by atoms with Crippen LogP contribution in [-0.2, 0) is 6.54 Å². The van der Waals surface area contributed by atoms with E-state index in [4.69, 9.17) is 4.74 Å². The van der Waals surface area contributed by atoms with Crippen molar-refractivity contribution in [3.63, 3.8) is 0 Å². The lowest BCUT2D eigenvalue weighted by Gasteiger charge is -2.14. The maximum absolute atomic E-state index is 12.0. The molecule has 0 aliphatic heterocycles. The Bertz CT molecular complexity index is 1050. The molecule has 0 radical (unpaired) electrons. The molecular formula is C27H32N4O2. The number of rotatable bonds is 9. The largest absolute Gasteiger partial charge is 0.491 e. The number of benzene rings is 3. The van der Waals surface area contributed by atoms with Crippen LogP contribution in [0, 0.1) is 0 Å². The highest BCUT2D eigenvalue weighted by Gasteiger charge is 2.08. The van der Waals surface area contributed by atoms with Gasteiger partial charge in [0.2, 0.25) is 0 Å². The van der Waals surface area contributed by atoms with Crippen LogP contribution in [0.3, 0.4) is 0 Å². The summed E-state index contributed by atoms with van der Waals surface area (Å²) in [4.78, 5) is 18.2. The highest BCUT2D eigenvalue weighted by Crippen LogP contribution is 2.29. The molecule has 0 atom stereocenters. The summed E-state index contributed by atoms with van der Waals surface area (Å²) in [5, 5.41) is 6.57. The third-order valence-corrected chi connectivity index (χ3v) is 4.99. The molecule has 1 amide bonds. The third kappa shape index (κ3) is 7.10. The topological polar surface area (TPSA) is 66.0 Å². The van der Waals surface area contributed by atoms with Crippen LogP contribution in [0.4, 0.5) is 0 Å². The summed E-state index contributed by atoms with van der Waals surface area (Å²) >= 11 is 0. The van der Waals surface area contributed by atoms with Gasteiger partial charge in [0.25, 0.3) is 5.91 Å². The van der Waals surface area contributed by atoms with Gasteiger partial charge in [0.05, 0.1) is 13.1 Å². The molecule has 0 heterocycles. The minimum atomic E-state index is -0.00565. The molecule has 3 rings (SSSR count). The van der Waals surface area contributed by atoms with Gasteiger partial charge in [-0.1, -0.05) is 60.7 Å². The summed E-state index contributed by atoms with van der Waals surface area (Å²) in [6.45, 7) is 4.44. The Balaban J connectivity index is 1.54. The lowest BCUT2D eigenvalue weighted by molar-refractivity contribution is 0.0827. The summed E-state index contributed by atoms with van der Waals surface area (Å²) in [5.41, 5.74) is 3.92. The van der Waals surface area contributed by atoms with Gasteiger partial charge in [-0.2, -0.15) is 0 Å². The van der Waals surface area contributed by atoms with Crippen molar-refractivity contribution in [2.24, 2.45) is 4.99 Å². The molecule has 2 N–H and O–H groups in total. The molecule has 6 nitrogen and oxygen atoms in total. The van der Waals surface area contributed by atoms with Crippen molar-refractivity contribution in [3.05, 3.63) is 90.0 Å². The van der Waals surface area contributed by atoms with Crippen molar-refractivity contribution >= 4 is 11.9 Å². The Morgan fingerprint density at radius 2 is 1.61 bits per heavy atom. The Morgan fingerprint density at radius 3 is 2.30 bits per heavy atom. The lowest BCUT2D eigenvalue weighted by Crippen LogP contribution is -2.39. The Morgan fingerprint density at radius 1 is 0.909 bits per heavy atom. The first-order valence-corrected chi connectivity index (χ1v) is 11.2. The number of nitrogens with zero attached hydrogens (tertiary/aromatic N) is 2. The van der Waals surface area contributed by atoms with Crippen molar-refractivity contribution in [1.82, 2.24) is 15.5 Å². The van der Waals surface area contributed by atoms with Crippen molar-refractivity contribution in [3.8, 4) is 16.9 Å². The molecule has 33 heavy (non-hydrogen) atoms. The normalized spacial score (nSPS) is 11.1. The molecule has 3 aromatic rings. The number of carbonyl (C=O) groups excluding carboxylic acids is 1. The molecule has 0 fully saturated rings. The standard InChI is InChI=1S/C27H32N4O2/c1-4-28-27(30-20-21-14-16-23(17-15-21)26(32)31(2)3)29-18-19-33-25-13-9-8-12-24(25)22-10-6-5-7-11-22/h5-17H,4,18-20H2,1-3H3,(H2,28,29,30). The molecular weight excluding hydrogens is 412 g/mol. The highest BCUT2D eigenvalue weighted by atomic mass is 16.5. The van der Waals surface area contributed by atoms with E-state index >= 15 is 0 Å². The Labute approximate surface area is 196 Å². The number of guanidine groups is 1. The number of ether oxygens (including phenoxy) is 1. The Kier molecular flexibility index (Phi) is 8.88. The van der Waals surface area contributed by atoms with E-state index < -0.39 is 0 Å². The van der Waals surface area contributed by atoms with Crippen LogP contribution >= 0.6 is 0 Å². The number of aliphatic imine (C=N–C) groups is 1. The van der Waals surface area contributed by atoms with E-state index in [2.05, 4.69) is 33.8 Å². The molecule has 6 heteroatoms. The highest BCUT2D eigenvalue weighted by molar-refractivity contribution is 5.93.